The molecule has 0 aliphatic heterocycles. The first-order valence-electron chi connectivity index (χ1n) is 4.56. The van der Waals surface area contributed by atoms with Crippen LogP contribution in [0.1, 0.15) is 12.8 Å². The fourth-order valence-corrected chi connectivity index (χ4v) is 1.91. The average molecular weight is 228 g/mol. The summed E-state index contributed by atoms with van der Waals surface area (Å²) in [4.78, 5) is -0.0469. The molecule has 6 heteroatoms. The molecular weight excluding hydrogens is 216 g/mol. The van der Waals surface area contributed by atoms with Crippen LogP contribution >= 0.6 is 0 Å². The lowest BCUT2D eigenvalue weighted by Gasteiger charge is -2.09. The van der Waals surface area contributed by atoms with Gasteiger partial charge in [0.1, 0.15) is 10.6 Å². The van der Waals surface area contributed by atoms with Gasteiger partial charge >= 0.3 is 0 Å². The molecule has 0 unspecified atom stereocenters. The second kappa shape index (κ2) is 3.39. The molecule has 1 saturated carbocycles. The van der Waals surface area contributed by atoms with Gasteiger partial charge in [-0.1, -0.05) is 0 Å². The van der Waals surface area contributed by atoms with Gasteiger partial charge in [-0.05, 0) is 31.0 Å². The third kappa shape index (κ3) is 2.40. The summed E-state index contributed by atoms with van der Waals surface area (Å²) in [5.41, 5.74) is 5.84. The van der Waals surface area contributed by atoms with Gasteiger partial charge in [-0.25, -0.2) is 13.6 Å². The number of hydrogen-bond donors (Lipinski definition) is 2. The quantitative estimate of drug-likeness (QED) is 0.734. The standard InChI is InChI=1S/C9H12N2O3S/c10-6-1-4-8(14-7-2-3-7)9(5-6)15(11,12)13/h1,4-5,7H,2-3,10H2,(H2,11,12,13). The minimum atomic E-state index is -3.78. The second-order valence-corrected chi connectivity index (χ2v) is 5.10. The first-order chi connectivity index (χ1) is 6.97. The Balaban J connectivity index is 2.43. The maximum atomic E-state index is 11.3. The molecule has 1 aliphatic rings. The zero-order chi connectivity index (χ0) is 11.1. The summed E-state index contributed by atoms with van der Waals surface area (Å²) in [6, 6.07) is 4.44. The molecule has 0 saturated heterocycles. The third-order valence-electron chi connectivity index (χ3n) is 2.09. The lowest BCUT2D eigenvalue weighted by Crippen LogP contribution is -2.14. The number of sulfonamides is 1. The zero-order valence-electron chi connectivity index (χ0n) is 8.01. The second-order valence-electron chi connectivity index (χ2n) is 3.57. The fourth-order valence-electron chi connectivity index (χ4n) is 1.21. The van der Waals surface area contributed by atoms with Crippen molar-refractivity contribution in [3.05, 3.63) is 18.2 Å². The highest BCUT2D eigenvalue weighted by atomic mass is 32.2. The van der Waals surface area contributed by atoms with E-state index in [-0.39, 0.29) is 16.7 Å². The highest BCUT2D eigenvalue weighted by molar-refractivity contribution is 7.89. The Morgan fingerprint density at radius 2 is 2.00 bits per heavy atom. The Morgan fingerprint density at radius 1 is 1.33 bits per heavy atom. The number of nitrogen functional groups attached to an aromatic ring is 1. The van der Waals surface area contributed by atoms with Crippen molar-refractivity contribution < 1.29 is 13.2 Å². The van der Waals surface area contributed by atoms with Crippen LogP contribution in [-0.4, -0.2) is 14.5 Å². The monoisotopic (exact) mass is 228 g/mol. The van der Waals surface area contributed by atoms with E-state index in [1.54, 1.807) is 6.07 Å². The summed E-state index contributed by atoms with van der Waals surface area (Å²) in [5, 5.41) is 5.06. The molecule has 1 aromatic rings. The summed E-state index contributed by atoms with van der Waals surface area (Å²) < 4.78 is 27.9. The number of ether oxygens (including phenoxy) is 1. The SMILES string of the molecule is Nc1ccc(OC2CC2)c(S(N)(=O)=O)c1. The summed E-state index contributed by atoms with van der Waals surface area (Å²) >= 11 is 0. The van der Waals surface area contributed by atoms with Crippen LogP contribution in [0.25, 0.3) is 0 Å². The molecule has 1 aromatic carbocycles. The molecule has 15 heavy (non-hydrogen) atoms. The molecule has 5 nitrogen and oxygen atoms in total. The van der Waals surface area contributed by atoms with E-state index in [1.807, 2.05) is 0 Å². The van der Waals surface area contributed by atoms with Crippen LogP contribution in [0.2, 0.25) is 0 Å². The molecule has 1 aliphatic carbocycles. The molecule has 0 radical (unpaired) electrons. The van der Waals surface area contributed by atoms with E-state index in [2.05, 4.69) is 0 Å². The Hall–Kier alpha value is -1.27. The summed E-state index contributed by atoms with van der Waals surface area (Å²) in [5.74, 6) is 0.286. The minimum absolute atomic E-state index is 0.0469. The molecule has 1 fully saturated rings. The predicted octanol–water partition coefficient (Wildman–Crippen LogP) is 0.457. The molecule has 0 heterocycles. The first-order valence-corrected chi connectivity index (χ1v) is 6.10. The van der Waals surface area contributed by atoms with Crippen molar-refractivity contribution in [1.82, 2.24) is 0 Å². The smallest absolute Gasteiger partial charge is 0.241 e. The molecule has 0 bridgehead atoms. The van der Waals surface area contributed by atoms with Crippen molar-refractivity contribution in [3.8, 4) is 5.75 Å². The van der Waals surface area contributed by atoms with Crippen LogP contribution in [0.3, 0.4) is 0 Å². The van der Waals surface area contributed by atoms with E-state index in [4.69, 9.17) is 15.6 Å². The van der Waals surface area contributed by atoms with Crippen molar-refractivity contribution in [2.75, 3.05) is 5.73 Å². The van der Waals surface area contributed by atoms with E-state index in [0.717, 1.165) is 12.8 Å². The van der Waals surface area contributed by atoms with Gasteiger partial charge in [0.15, 0.2) is 0 Å². The highest BCUT2D eigenvalue weighted by Gasteiger charge is 2.26. The Morgan fingerprint density at radius 3 is 2.53 bits per heavy atom. The van der Waals surface area contributed by atoms with Crippen LogP contribution < -0.4 is 15.6 Å². The predicted molar refractivity (Wildman–Crippen MR) is 55.9 cm³/mol. The molecule has 4 N–H and O–H groups in total. The summed E-state index contributed by atoms with van der Waals surface area (Å²) in [7, 11) is -3.78. The van der Waals surface area contributed by atoms with Crippen molar-refractivity contribution >= 4 is 15.7 Å². The van der Waals surface area contributed by atoms with Crippen LogP contribution in [-0.2, 0) is 10.0 Å². The fraction of sp³-hybridized carbons (Fsp3) is 0.333. The Kier molecular flexibility index (Phi) is 2.32. The molecule has 0 atom stereocenters. The number of primary sulfonamides is 1. The largest absolute Gasteiger partial charge is 0.489 e. The van der Waals surface area contributed by atoms with Crippen LogP contribution in [0.15, 0.2) is 23.1 Å². The molecule has 0 spiro atoms. The lowest BCUT2D eigenvalue weighted by molar-refractivity contribution is 0.295. The van der Waals surface area contributed by atoms with E-state index in [9.17, 15) is 8.42 Å². The van der Waals surface area contributed by atoms with Gasteiger partial charge in [0, 0.05) is 5.69 Å². The summed E-state index contributed by atoms with van der Waals surface area (Å²) in [6.45, 7) is 0. The van der Waals surface area contributed by atoms with E-state index in [1.165, 1.54) is 12.1 Å². The van der Waals surface area contributed by atoms with Gasteiger partial charge in [0.2, 0.25) is 10.0 Å². The topological polar surface area (TPSA) is 95.4 Å². The van der Waals surface area contributed by atoms with Crippen molar-refractivity contribution in [1.29, 1.82) is 0 Å². The van der Waals surface area contributed by atoms with Gasteiger partial charge in [-0.3, -0.25) is 0 Å². The number of hydrogen-bond acceptors (Lipinski definition) is 4. The number of anilines is 1. The Labute approximate surface area is 88.1 Å². The van der Waals surface area contributed by atoms with Crippen molar-refractivity contribution in [3.63, 3.8) is 0 Å². The normalized spacial score (nSPS) is 16.3. The zero-order valence-corrected chi connectivity index (χ0v) is 8.83. The first kappa shape index (κ1) is 10.3. The number of benzene rings is 1. The molecule has 0 aromatic heterocycles. The maximum absolute atomic E-state index is 11.3. The third-order valence-corrected chi connectivity index (χ3v) is 3.02. The van der Waals surface area contributed by atoms with Crippen molar-refractivity contribution in [2.24, 2.45) is 5.14 Å². The lowest BCUT2D eigenvalue weighted by atomic mass is 10.3. The van der Waals surface area contributed by atoms with Crippen molar-refractivity contribution in [2.45, 2.75) is 23.8 Å². The highest BCUT2D eigenvalue weighted by Crippen LogP contribution is 2.31. The molecule has 82 valence electrons. The van der Waals surface area contributed by atoms with E-state index in [0.29, 0.717) is 5.69 Å². The van der Waals surface area contributed by atoms with E-state index >= 15 is 0 Å². The van der Waals surface area contributed by atoms with Gasteiger partial charge in [0.05, 0.1) is 6.10 Å². The van der Waals surface area contributed by atoms with Gasteiger partial charge in [-0.15, -0.1) is 0 Å². The number of nitrogens with two attached hydrogens (primary N) is 2. The average Bonchev–Trinajstić information content (AvgIpc) is 2.90. The molecular formula is C9H12N2O3S. The van der Waals surface area contributed by atoms with Crippen LogP contribution in [0.5, 0.6) is 5.75 Å². The van der Waals surface area contributed by atoms with Gasteiger partial charge in [0.25, 0.3) is 0 Å². The minimum Gasteiger partial charge on any atom is -0.489 e. The van der Waals surface area contributed by atoms with Gasteiger partial charge < -0.3 is 10.5 Å². The molecule has 0 amide bonds. The van der Waals surface area contributed by atoms with Gasteiger partial charge in [-0.2, -0.15) is 0 Å². The van der Waals surface area contributed by atoms with E-state index < -0.39 is 10.0 Å². The van der Waals surface area contributed by atoms with Crippen LogP contribution in [0, 0.1) is 0 Å². The Bertz CT molecular complexity index is 480. The summed E-state index contributed by atoms with van der Waals surface area (Å²) in [6.07, 6.45) is 2.03. The maximum Gasteiger partial charge on any atom is 0.241 e. The van der Waals surface area contributed by atoms with Crippen LogP contribution in [0.4, 0.5) is 5.69 Å². The number of rotatable bonds is 3. The molecule has 2 rings (SSSR count).